The Hall–Kier alpha value is -3.16. The predicted molar refractivity (Wildman–Crippen MR) is 136 cm³/mol. The van der Waals surface area contributed by atoms with E-state index in [2.05, 4.69) is 16.0 Å². The fraction of sp³-hybridized carbons (Fsp3) is 0.308. The minimum absolute atomic E-state index is 0.117. The zero-order valence-electron chi connectivity index (χ0n) is 19.0. The number of nitrogens with zero attached hydrogens (tertiary/aromatic N) is 1. The van der Waals surface area contributed by atoms with E-state index in [1.165, 1.54) is 0 Å². The fourth-order valence-electron chi connectivity index (χ4n) is 4.62. The van der Waals surface area contributed by atoms with E-state index in [1.54, 1.807) is 24.3 Å². The lowest BCUT2D eigenvalue weighted by atomic mass is 9.94. The third kappa shape index (κ3) is 4.83. The largest absolute Gasteiger partial charge is 0.352 e. The third-order valence-electron chi connectivity index (χ3n) is 6.44. The summed E-state index contributed by atoms with van der Waals surface area (Å²) in [5.41, 5.74) is 5.15. The molecule has 35 heavy (non-hydrogen) atoms. The molecule has 0 spiro atoms. The lowest BCUT2D eigenvalue weighted by Gasteiger charge is -2.18. The van der Waals surface area contributed by atoms with Crippen molar-refractivity contribution in [1.82, 2.24) is 15.6 Å². The summed E-state index contributed by atoms with van der Waals surface area (Å²) in [7, 11) is 0. The molecule has 0 atom stereocenters. The van der Waals surface area contributed by atoms with E-state index in [1.807, 2.05) is 6.07 Å². The molecule has 2 heterocycles. The number of rotatable bonds is 6. The molecule has 0 unspecified atom stereocenters. The molecule has 9 heteroatoms. The Morgan fingerprint density at radius 1 is 1.00 bits per heavy atom. The van der Waals surface area contributed by atoms with Gasteiger partial charge in [0, 0.05) is 35.4 Å². The molecule has 0 radical (unpaired) electrons. The molecule has 3 aromatic rings. The first kappa shape index (κ1) is 23.6. The molecule has 0 saturated carbocycles. The standard InChI is InChI=1S/C26H24Cl2N4O3/c27-19-13-21-15(12-23(33)32-21)10-18(19)26(35)30-9-3-8-29-25(34)14-6-7-17-22(11-14)31-20-5-2-1-4-16(20)24(17)28/h6-7,10-11,13H,1-5,8-9,12H2,(H,29,34)(H,30,35)(H,32,33). The number of carbonyl (C=O) groups excluding carboxylic acids is 3. The zero-order chi connectivity index (χ0) is 24.5. The molecule has 2 aromatic carbocycles. The van der Waals surface area contributed by atoms with Crippen molar-refractivity contribution in [3.8, 4) is 0 Å². The number of aromatic nitrogens is 1. The molecule has 1 aliphatic carbocycles. The van der Waals surface area contributed by atoms with Gasteiger partial charge in [-0.25, -0.2) is 0 Å². The van der Waals surface area contributed by atoms with Crippen LogP contribution in [0, 0.1) is 0 Å². The lowest BCUT2D eigenvalue weighted by molar-refractivity contribution is -0.115. The summed E-state index contributed by atoms with van der Waals surface area (Å²) in [4.78, 5) is 41.5. The Labute approximate surface area is 212 Å². The van der Waals surface area contributed by atoms with Gasteiger partial charge in [-0.1, -0.05) is 29.3 Å². The van der Waals surface area contributed by atoms with E-state index >= 15 is 0 Å². The van der Waals surface area contributed by atoms with Crippen LogP contribution in [-0.4, -0.2) is 35.8 Å². The molecule has 1 aromatic heterocycles. The fourth-order valence-corrected chi connectivity index (χ4v) is 5.23. The van der Waals surface area contributed by atoms with Crippen LogP contribution in [-0.2, 0) is 24.1 Å². The number of hydrogen-bond acceptors (Lipinski definition) is 4. The highest BCUT2D eigenvalue weighted by Gasteiger charge is 2.22. The molecule has 180 valence electrons. The van der Waals surface area contributed by atoms with Crippen molar-refractivity contribution in [1.29, 1.82) is 0 Å². The lowest BCUT2D eigenvalue weighted by Crippen LogP contribution is -2.30. The smallest absolute Gasteiger partial charge is 0.252 e. The number of nitrogens with one attached hydrogen (secondary N) is 3. The number of aryl methyl sites for hydroxylation is 1. The maximum absolute atomic E-state index is 12.6. The first-order valence-electron chi connectivity index (χ1n) is 11.7. The maximum atomic E-state index is 12.6. The summed E-state index contributed by atoms with van der Waals surface area (Å²) in [6.45, 7) is 0.761. The van der Waals surface area contributed by atoms with Crippen LogP contribution in [0.2, 0.25) is 10.0 Å². The van der Waals surface area contributed by atoms with E-state index in [9.17, 15) is 14.4 Å². The van der Waals surface area contributed by atoms with E-state index in [4.69, 9.17) is 28.2 Å². The highest BCUT2D eigenvalue weighted by atomic mass is 35.5. The Morgan fingerprint density at radius 3 is 2.60 bits per heavy atom. The molecular weight excluding hydrogens is 487 g/mol. The van der Waals surface area contributed by atoms with Gasteiger partial charge in [0.25, 0.3) is 11.8 Å². The summed E-state index contributed by atoms with van der Waals surface area (Å²) < 4.78 is 0. The van der Waals surface area contributed by atoms with Crippen molar-refractivity contribution in [3.63, 3.8) is 0 Å². The van der Waals surface area contributed by atoms with Gasteiger partial charge in [-0.2, -0.15) is 0 Å². The van der Waals surface area contributed by atoms with Crippen LogP contribution in [0.15, 0.2) is 30.3 Å². The molecular formula is C26H24Cl2N4O3. The molecule has 7 nitrogen and oxygen atoms in total. The average Bonchev–Trinajstić information content (AvgIpc) is 3.21. The van der Waals surface area contributed by atoms with Gasteiger partial charge >= 0.3 is 0 Å². The molecule has 1 aliphatic heterocycles. The summed E-state index contributed by atoms with van der Waals surface area (Å²) in [6.07, 6.45) is 4.88. The SMILES string of the molecule is O=C1Cc2cc(C(=O)NCCCNC(=O)c3ccc4c(Cl)c5c(nc4c3)CCCC5)c(Cl)cc2N1. The van der Waals surface area contributed by atoms with Gasteiger partial charge < -0.3 is 16.0 Å². The van der Waals surface area contributed by atoms with Crippen molar-refractivity contribution < 1.29 is 14.4 Å². The second kappa shape index (κ2) is 9.84. The van der Waals surface area contributed by atoms with Crippen LogP contribution in [0.25, 0.3) is 10.9 Å². The van der Waals surface area contributed by atoms with Crippen LogP contribution in [0.1, 0.15) is 56.8 Å². The summed E-state index contributed by atoms with van der Waals surface area (Å²) in [5, 5.41) is 10.3. The molecule has 0 saturated heterocycles. The van der Waals surface area contributed by atoms with Gasteiger partial charge in [0.15, 0.2) is 0 Å². The number of anilines is 1. The monoisotopic (exact) mass is 510 g/mol. The number of fused-ring (bicyclic) bond motifs is 3. The van der Waals surface area contributed by atoms with E-state index < -0.39 is 0 Å². The van der Waals surface area contributed by atoms with Crippen LogP contribution in [0.5, 0.6) is 0 Å². The van der Waals surface area contributed by atoms with Gasteiger partial charge in [0.1, 0.15) is 0 Å². The van der Waals surface area contributed by atoms with Crippen LogP contribution in [0.3, 0.4) is 0 Å². The summed E-state index contributed by atoms with van der Waals surface area (Å²) >= 11 is 12.8. The minimum atomic E-state index is -0.315. The Kier molecular flexibility index (Phi) is 6.62. The molecule has 0 fully saturated rings. The molecule has 2 aliphatic rings. The molecule has 0 bridgehead atoms. The second-order valence-electron chi connectivity index (χ2n) is 8.87. The highest BCUT2D eigenvalue weighted by molar-refractivity contribution is 6.36. The predicted octanol–water partition coefficient (Wildman–Crippen LogP) is 4.46. The van der Waals surface area contributed by atoms with Crippen molar-refractivity contribution in [3.05, 3.63) is 68.3 Å². The van der Waals surface area contributed by atoms with Gasteiger partial charge in [0.05, 0.1) is 27.5 Å². The van der Waals surface area contributed by atoms with Crippen molar-refractivity contribution in [2.24, 2.45) is 0 Å². The number of amides is 3. The average molecular weight is 511 g/mol. The van der Waals surface area contributed by atoms with E-state index in [0.717, 1.165) is 58.4 Å². The molecule has 5 rings (SSSR count). The van der Waals surface area contributed by atoms with Crippen molar-refractivity contribution >= 4 is 57.5 Å². The quantitative estimate of drug-likeness (QED) is 0.426. The van der Waals surface area contributed by atoms with Gasteiger partial charge in [-0.15, -0.1) is 0 Å². The Balaban J connectivity index is 1.15. The normalized spacial score (nSPS) is 14.3. The van der Waals surface area contributed by atoms with Gasteiger partial charge in [0.2, 0.25) is 5.91 Å². The number of pyridine rings is 1. The Bertz CT molecular complexity index is 1370. The molecule has 3 N–H and O–H groups in total. The number of hydrogen-bond donors (Lipinski definition) is 3. The number of benzene rings is 2. The first-order chi connectivity index (χ1) is 16.9. The van der Waals surface area contributed by atoms with Crippen LogP contribution in [0.4, 0.5) is 5.69 Å². The van der Waals surface area contributed by atoms with Crippen LogP contribution < -0.4 is 16.0 Å². The zero-order valence-corrected chi connectivity index (χ0v) is 20.5. The van der Waals surface area contributed by atoms with E-state index in [0.29, 0.717) is 36.3 Å². The third-order valence-corrected chi connectivity index (χ3v) is 7.19. The van der Waals surface area contributed by atoms with Gasteiger partial charge in [-0.05, 0) is 67.5 Å². The highest BCUT2D eigenvalue weighted by Crippen LogP contribution is 2.33. The maximum Gasteiger partial charge on any atom is 0.252 e. The summed E-state index contributed by atoms with van der Waals surface area (Å²) in [6, 6.07) is 8.64. The van der Waals surface area contributed by atoms with Crippen molar-refractivity contribution in [2.75, 3.05) is 18.4 Å². The van der Waals surface area contributed by atoms with Crippen LogP contribution >= 0.6 is 23.2 Å². The number of carbonyl (C=O) groups is 3. The minimum Gasteiger partial charge on any atom is -0.352 e. The number of halogens is 2. The summed E-state index contributed by atoms with van der Waals surface area (Å²) in [5.74, 6) is -0.633. The second-order valence-corrected chi connectivity index (χ2v) is 9.65. The topological polar surface area (TPSA) is 100 Å². The first-order valence-corrected chi connectivity index (χ1v) is 12.5. The van der Waals surface area contributed by atoms with Crippen molar-refractivity contribution in [2.45, 2.75) is 38.5 Å². The molecule has 3 amide bonds. The van der Waals surface area contributed by atoms with E-state index in [-0.39, 0.29) is 29.2 Å². The Morgan fingerprint density at radius 2 is 1.77 bits per heavy atom. The van der Waals surface area contributed by atoms with Gasteiger partial charge in [-0.3, -0.25) is 19.4 Å².